The summed E-state index contributed by atoms with van der Waals surface area (Å²) in [5.74, 6) is -1.21. The Morgan fingerprint density at radius 2 is 1.83 bits per heavy atom. The van der Waals surface area contributed by atoms with E-state index in [9.17, 15) is 14.4 Å². The van der Waals surface area contributed by atoms with Crippen LogP contribution < -0.4 is 4.90 Å². The third-order valence-electron chi connectivity index (χ3n) is 5.63. The Morgan fingerprint density at radius 3 is 2.45 bits per heavy atom. The van der Waals surface area contributed by atoms with Crippen molar-refractivity contribution in [1.29, 1.82) is 0 Å². The average molecular weight is 410 g/mol. The van der Waals surface area contributed by atoms with Gasteiger partial charge in [-0.2, -0.15) is 0 Å². The summed E-state index contributed by atoms with van der Waals surface area (Å²) in [6.45, 7) is 3.76. The fourth-order valence-electron chi connectivity index (χ4n) is 4.15. The summed E-state index contributed by atoms with van der Waals surface area (Å²) in [4.78, 5) is 45.7. The van der Waals surface area contributed by atoms with Crippen molar-refractivity contribution in [3.05, 3.63) is 48.4 Å². The lowest BCUT2D eigenvalue weighted by Crippen LogP contribution is -2.43. The molecule has 2 heterocycles. The van der Waals surface area contributed by atoms with Crippen LogP contribution in [0.5, 0.6) is 0 Å². The molecule has 3 amide bonds. The zero-order valence-electron chi connectivity index (χ0n) is 16.1. The number of likely N-dealkylation sites (tertiary alicyclic amines) is 1. The van der Waals surface area contributed by atoms with Gasteiger partial charge in [-0.1, -0.05) is 49.2 Å². The Bertz CT molecular complexity index is 916. The van der Waals surface area contributed by atoms with Crippen LogP contribution in [0.2, 0.25) is 0 Å². The van der Waals surface area contributed by atoms with Crippen molar-refractivity contribution >= 4 is 34.2 Å². The van der Waals surface area contributed by atoms with Gasteiger partial charge >= 0.3 is 0 Å². The molecule has 2 fully saturated rings. The SMILES string of the molecule is C=CCN(C(=O)CN1C(=O)C2CCCCC2C1=O)c1nc(-c2ccccc2)cs1. The Morgan fingerprint density at radius 1 is 1.17 bits per heavy atom. The van der Waals surface area contributed by atoms with E-state index in [-0.39, 0.29) is 42.6 Å². The lowest BCUT2D eigenvalue weighted by molar-refractivity contribution is -0.143. The molecule has 1 aliphatic heterocycles. The number of amides is 3. The van der Waals surface area contributed by atoms with E-state index in [0.29, 0.717) is 5.13 Å². The number of carbonyl (C=O) groups is 3. The van der Waals surface area contributed by atoms with Crippen LogP contribution in [0.15, 0.2) is 48.4 Å². The smallest absolute Gasteiger partial charge is 0.249 e. The highest BCUT2D eigenvalue weighted by Gasteiger charge is 2.48. The van der Waals surface area contributed by atoms with Gasteiger partial charge in [0, 0.05) is 17.5 Å². The predicted octanol–water partition coefficient (Wildman–Crippen LogP) is 3.50. The third-order valence-corrected chi connectivity index (χ3v) is 6.49. The van der Waals surface area contributed by atoms with Gasteiger partial charge in [0.1, 0.15) is 6.54 Å². The second kappa shape index (κ2) is 8.29. The maximum absolute atomic E-state index is 13.0. The van der Waals surface area contributed by atoms with Gasteiger partial charge in [0.15, 0.2) is 5.13 Å². The maximum Gasteiger partial charge on any atom is 0.249 e. The molecule has 1 saturated heterocycles. The van der Waals surface area contributed by atoms with Crippen LogP contribution in [0.4, 0.5) is 5.13 Å². The maximum atomic E-state index is 13.0. The Hall–Kier alpha value is -2.80. The Labute approximate surface area is 173 Å². The van der Waals surface area contributed by atoms with Crippen molar-refractivity contribution < 1.29 is 14.4 Å². The normalized spacial score (nSPS) is 21.2. The fourth-order valence-corrected chi connectivity index (χ4v) is 5.01. The summed E-state index contributed by atoms with van der Waals surface area (Å²) in [5.41, 5.74) is 1.75. The van der Waals surface area contributed by atoms with Crippen LogP contribution in [0.1, 0.15) is 25.7 Å². The number of carbonyl (C=O) groups excluding carboxylic acids is 3. The van der Waals surface area contributed by atoms with E-state index in [4.69, 9.17) is 0 Å². The van der Waals surface area contributed by atoms with Crippen LogP contribution in [-0.2, 0) is 14.4 Å². The summed E-state index contributed by atoms with van der Waals surface area (Å²) in [5, 5.41) is 2.43. The molecule has 0 bridgehead atoms. The minimum Gasteiger partial charge on any atom is -0.283 e. The molecule has 1 aromatic carbocycles. The largest absolute Gasteiger partial charge is 0.283 e. The number of anilines is 1. The summed E-state index contributed by atoms with van der Waals surface area (Å²) < 4.78 is 0. The monoisotopic (exact) mass is 409 g/mol. The number of hydrogen-bond donors (Lipinski definition) is 0. The molecule has 150 valence electrons. The number of imide groups is 1. The van der Waals surface area contributed by atoms with Crippen molar-refractivity contribution in [2.45, 2.75) is 25.7 Å². The summed E-state index contributed by atoms with van der Waals surface area (Å²) in [6.07, 6.45) is 5.03. The summed E-state index contributed by atoms with van der Waals surface area (Å²) in [7, 11) is 0. The first-order chi connectivity index (χ1) is 14.1. The lowest BCUT2D eigenvalue weighted by atomic mass is 9.81. The zero-order valence-corrected chi connectivity index (χ0v) is 16.9. The number of aromatic nitrogens is 1. The van der Waals surface area contributed by atoms with Gasteiger partial charge in [-0.3, -0.25) is 24.2 Å². The molecule has 2 atom stereocenters. The molecule has 0 spiro atoms. The number of rotatable bonds is 6. The molecule has 29 heavy (non-hydrogen) atoms. The molecule has 2 unspecified atom stereocenters. The van der Waals surface area contributed by atoms with E-state index >= 15 is 0 Å². The molecule has 1 saturated carbocycles. The first kappa shape index (κ1) is 19.5. The standard InChI is InChI=1S/C22H23N3O3S/c1-2-12-24(22-23-18(14-29-22)15-8-4-3-5-9-15)19(26)13-25-20(27)16-10-6-7-11-17(16)21(25)28/h2-5,8-9,14,16-17H,1,6-7,10-13H2. The molecular formula is C22H23N3O3S. The van der Waals surface area contributed by atoms with E-state index in [1.165, 1.54) is 16.2 Å². The minimum absolute atomic E-state index is 0.198. The topological polar surface area (TPSA) is 70.6 Å². The van der Waals surface area contributed by atoms with E-state index in [1.54, 1.807) is 6.08 Å². The summed E-state index contributed by atoms with van der Waals surface area (Å²) in [6, 6.07) is 9.73. The van der Waals surface area contributed by atoms with Crippen LogP contribution >= 0.6 is 11.3 Å². The van der Waals surface area contributed by atoms with Crippen molar-refractivity contribution in [1.82, 2.24) is 9.88 Å². The lowest BCUT2D eigenvalue weighted by Gasteiger charge is -2.21. The highest BCUT2D eigenvalue weighted by atomic mass is 32.1. The van der Waals surface area contributed by atoms with Crippen molar-refractivity contribution in [2.75, 3.05) is 18.0 Å². The number of fused-ring (bicyclic) bond motifs is 1. The first-order valence-corrected chi connectivity index (χ1v) is 10.8. The van der Waals surface area contributed by atoms with Gasteiger partial charge in [0.25, 0.3) is 0 Å². The van der Waals surface area contributed by atoms with Gasteiger partial charge in [-0.15, -0.1) is 17.9 Å². The molecule has 1 aliphatic carbocycles. The van der Waals surface area contributed by atoms with Crippen molar-refractivity contribution in [2.24, 2.45) is 11.8 Å². The number of nitrogens with zero attached hydrogens (tertiary/aromatic N) is 3. The van der Waals surface area contributed by atoms with E-state index in [2.05, 4.69) is 11.6 Å². The quantitative estimate of drug-likeness (QED) is 0.541. The van der Waals surface area contributed by atoms with E-state index in [0.717, 1.165) is 41.8 Å². The molecule has 4 rings (SSSR count). The van der Waals surface area contributed by atoms with Crippen LogP contribution in [0.3, 0.4) is 0 Å². The molecule has 2 aliphatic rings. The molecular weight excluding hydrogens is 386 g/mol. The Balaban J connectivity index is 1.52. The van der Waals surface area contributed by atoms with Crippen molar-refractivity contribution in [3.63, 3.8) is 0 Å². The molecule has 7 heteroatoms. The fraction of sp³-hybridized carbons (Fsp3) is 0.364. The second-order valence-corrected chi connectivity index (χ2v) is 8.27. The molecule has 2 aromatic rings. The molecule has 0 N–H and O–H groups in total. The number of thiazole rings is 1. The highest BCUT2D eigenvalue weighted by molar-refractivity contribution is 7.14. The zero-order chi connectivity index (χ0) is 20.4. The van der Waals surface area contributed by atoms with E-state index < -0.39 is 0 Å². The number of benzene rings is 1. The predicted molar refractivity (Wildman–Crippen MR) is 112 cm³/mol. The minimum atomic E-state index is -0.320. The van der Waals surface area contributed by atoms with Crippen LogP contribution in [-0.4, -0.2) is 40.7 Å². The van der Waals surface area contributed by atoms with E-state index in [1.807, 2.05) is 35.7 Å². The highest BCUT2D eigenvalue weighted by Crippen LogP contribution is 2.38. The van der Waals surface area contributed by atoms with Gasteiger partial charge < -0.3 is 0 Å². The summed E-state index contributed by atoms with van der Waals surface area (Å²) >= 11 is 1.36. The van der Waals surface area contributed by atoms with Gasteiger partial charge in [0.05, 0.1) is 17.5 Å². The van der Waals surface area contributed by atoms with Gasteiger partial charge in [-0.05, 0) is 12.8 Å². The molecule has 6 nitrogen and oxygen atoms in total. The Kier molecular flexibility index (Phi) is 5.58. The third kappa shape index (κ3) is 3.74. The average Bonchev–Trinajstić information content (AvgIpc) is 3.33. The second-order valence-electron chi connectivity index (χ2n) is 7.43. The number of hydrogen-bond acceptors (Lipinski definition) is 5. The van der Waals surface area contributed by atoms with Gasteiger partial charge in [-0.25, -0.2) is 4.98 Å². The first-order valence-electron chi connectivity index (χ1n) is 9.87. The van der Waals surface area contributed by atoms with Crippen LogP contribution in [0, 0.1) is 11.8 Å². The molecule has 1 aromatic heterocycles. The van der Waals surface area contributed by atoms with Gasteiger partial charge in [0.2, 0.25) is 17.7 Å². The van der Waals surface area contributed by atoms with Crippen molar-refractivity contribution in [3.8, 4) is 11.3 Å². The molecule has 0 radical (unpaired) electrons. The van der Waals surface area contributed by atoms with Crippen LogP contribution in [0.25, 0.3) is 11.3 Å².